The Morgan fingerprint density at radius 3 is 2.39 bits per heavy atom. The Kier molecular flexibility index (Phi) is 5.85. The summed E-state index contributed by atoms with van der Waals surface area (Å²) in [7, 11) is 0. The first-order valence-corrected chi connectivity index (χ1v) is 9.87. The molecule has 3 fully saturated rings. The van der Waals surface area contributed by atoms with Gasteiger partial charge in [0.1, 0.15) is 12.1 Å². The summed E-state index contributed by atoms with van der Waals surface area (Å²) in [6.45, 7) is 3.36. The minimum absolute atomic E-state index is 0.167. The molecule has 3 aliphatic rings. The molecule has 0 unspecified atom stereocenters. The Morgan fingerprint density at radius 2 is 1.71 bits per heavy atom. The number of rotatable bonds is 7. The van der Waals surface area contributed by atoms with Crippen LogP contribution in [0, 0.1) is 0 Å². The van der Waals surface area contributed by atoms with Crippen molar-refractivity contribution >= 4 is 29.7 Å². The molecule has 1 spiro atoms. The predicted octanol–water partition coefficient (Wildman–Crippen LogP) is -0.952. The van der Waals surface area contributed by atoms with Crippen molar-refractivity contribution in [3.8, 4) is 0 Å². The number of piperazine rings is 1. The van der Waals surface area contributed by atoms with E-state index in [1.165, 1.54) is 14.7 Å². The van der Waals surface area contributed by atoms with E-state index in [1.807, 2.05) is 0 Å². The highest BCUT2D eigenvalue weighted by Gasteiger charge is 2.52. The summed E-state index contributed by atoms with van der Waals surface area (Å²) in [6, 6.07) is -0.365. The van der Waals surface area contributed by atoms with Gasteiger partial charge in [0.05, 0.1) is 0 Å². The van der Waals surface area contributed by atoms with Crippen LogP contribution in [-0.2, 0) is 19.2 Å². The number of carbonyl (C=O) groups is 5. The summed E-state index contributed by atoms with van der Waals surface area (Å²) in [5.74, 6) is -1.78. The van der Waals surface area contributed by atoms with Gasteiger partial charge in [0, 0.05) is 32.7 Å². The maximum absolute atomic E-state index is 12.5. The van der Waals surface area contributed by atoms with Crippen molar-refractivity contribution in [3.05, 3.63) is 0 Å². The number of amides is 6. The van der Waals surface area contributed by atoms with E-state index < -0.39 is 17.4 Å². The quantitative estimate of drug-likeness (QED) is 0.328. The molecule has 0 aromatic carbocycles. The van der Waals surface area contributed by atoms with Crippen LogP contribution in [0.2, 0.25) is 0 Å². The lowest BCUT2D eigenvalue weighted by molar-refractivity contribution is -0.156. The first-order valence-electron chi connectivity index (χ1n) is 9.87. The molecule has 10 heteroatoms. The summed E-state index contributed by atoms with van der Waals surface area (Å²) in [4.78, 5) is 64.4. The summed E-state index contributed by atoms with van der Waals surface area (Å²) in [5.41, 5.74) is -0.714. The molecule has 2 saturated heterocycles. The fourth-order valence-corrected chi connectivity index (χ4v) is 4.06. The van der Waals surface area contributed by atoms with Gasteiger partial charge in [-0.2, -0.15) is 0 Å². The number of carbonyl (C=O) groups excluding carboxylic acids is 5. The minimum atomic E-state index is -0.714. The summed E-state index contributed by atoms with van der Waals surface area (Å²) >= 11 is 0. The van der Waals surface area contributed by atoms with Gasteiger partial charge < -0.3 is 20.4 Å². The molecule has 6 amide bonds. The summed E-state index contributed by atoms with van der Waals surface area (Å²) < 4.78 is 0. The van der Waals surface area contributed by atoms with Crippen LogP contribution in [0.1, 0.15) is 39.0 Å². The predicted molar refractivity (Wildman–Crippen MR) is 97.9 cm³/mol. The summed E-state index contributed by atoms with van der Waals surface area (Å²) in [6.07, 6.45) is 3.66. The lowest BCUT2D eigenvalue weighted by atomic mass is 9.98. The number of hydrogen-bond acceptors (Lipinski definition) is 5. The van der Waals surface area contributed by atoms with E-state index in [0.717, 1.165) is 12.8 Å². The second kappa shape index (κ2) is 8.15. The van der Waals surface area contributed by atoms with Crippen LogP contribution in [0.4, 0.5) is 4.79 Å². The van der Waals surface area contributed by atoms with Crippen molar-refractivity contribution in [2.24, 2.45) is 0 Å². The molecule has 3 rings (SSSR count). The van der Waals surface area contributed by atoms with Crippen LogP contribution < -0.4 is 10.6 Å². The zero-order valence-corrected chi connectivity index (χ0v) is 16.2. The highest BCUT2D eigenvalue weighted by Crippen LogP contribution is 2.34. The van der Waals surface area contributed by atoms with Crippen molar-refractivity contribution in [1.82, 2.24) is 25.3 Å². The van der Waals surface area contributed by atoms with E-state index >= 15 is 0 Å². The van der Waals surface area contributed by atoms with Gasteiger partial charge in [0.15, 0.2) is 0 Å². The van der Waals surface area contributed by atoms with Crippen LogP contribution in [0.15, 0.2) is 0 Å². The van der Waals surface area contributed by atoms with Gasteiger partial charge in [-0.15, -0.1) is 0 Å². The molecule has 1 aliphatic carbocycles. The van der Waals surface area contributed by atoms with Crippen molar-refractivity contribution in [2.75, 3.05) is 39.3 Å². The van der Waals surface area contributed by atoms with E-state index in [2.05, 4.69) is 10.6 Å². The molecule has 0 bridgehead atoms. The Labute approximate surface area is 163 Å². The van der Waals surface area contributed by atoms with Gasteiger partial charge in [0.2, 0.25) is 5.91 Å². The monoisotopic (exact) mass is 393 g/mol. The molecule has 0 aromatic heterocycles. The molecule has 0 atom stereocenters. The fraction of sp³-hybridized carbons (Fsp3) is 0.722. The maximum Gasteiger partial charge on any atom is 0.325 e. The van der Waals surface area contributed by atoms with Crippen LogP contribution in [0.5, 0.6) is 0 Å². The van der Waals surface area contributed by atoms with E-state index in [9.17, 15) is 24.0 Å². The van der Waals surface area contributed by atoms with Gasteiger partial charge in [0.25, 0.3) is 5.91 Å². The molecule has 154 valence electrons. The van der Waals surface area contributed by atoms with Crippen molar-refractivity contribution in [3.63, 3.8) is 0 Å². The normalized spacial score (nSPS) is 21.7. The Balaban J connectivity index is 1.39. The minimum Gasteiger partial charge on any atom is -0.354 e. The topological polar surface area (TPSA) is 119 Å². The highest BCUT2D eigenvalue weighted by molar-refractivity contribution is 6.35. The lowest BCUT2D eigenvalue weighted by Gasteiger charge is -2.32. The largest absolute Gasteiger partial charge is 0.354 e. The van der Waals surface area contributed by atoms with Crippen LogP contribution in [0.25, 0.3) is 0 Å². The molecule has 2 N–H and O–H groups in total. The number of hydrogen-bond donors (Lipinski definition) is 2. The van der Waals surface area contributed by atoms with Crippen molar-refractivity contribution in [1.29, 1.82) is 0 Å². The molecule has 0 radical (unpaired) electrons. The second-order valence-electron chi connectivity index (χ2n) is 7.49. The number of likely N-dealkylation sites (N-methyl/N-ethyl adjacent to an activating group) is 1. The summed E-state index contributed by atoms with van der Waals surface area (Å²) in [5, 5.41) is 5.50. The Morgan fingerprint density at radius 1 is 1.07 bits per heavy atom. The van der Waals surface area contributed by atoms with E-state index in [1.54, 1.807) is 6.92 Å². The third-order valence-corrected chi connectivity index (χ3v) is 5.70. The molecule has 1 saturated carbocycles. The third-order valence-electron chi connectivity index (χ3n) is 5.70. The van der Waals surface area contributed by atoms with Gasteiger partial charge >= 0.3 is 17.8 Å². The van der Waals surface area contributed by atoms with Gasteiger partial charge in [-0.25, -0.2) is 4.79 Å². The molecular weight excluding hydrogens is 366 g/mol. The zero-order valence-electron chi connectivity index (χ0n) is 16.2. The van der Waals surface area contributed by atoms with Crippen molar-refractivity contribution in [2.45, 2.75) is 44.6 Å². The maximum atomic E-state index is 12.5. The number of urea groups is 1. The standard InChI is InChI=1S/C18H27N5O5/c1-2-21-10-11-22(15(26)14(21)25)12-13(24)19-8-5-9-23-16(27)18(20-17(23)28)6-3-4-7-18/h2-12H2,1H3,(H,19,24)(H,20,28). The SMILES string of the molecule is CCN1CCN(CC(=O)NCCCN2C(=O)NC3(CCCC3)C2=O)C(=O)C1=O. The van der Waals surface area contributed by atoms with E-state index in [-0.39, 0.29) is 37.5 Å². The fourth-order valence-electron chi connectivity index (χ4n) is 4.06. The van der Waals surface area contributed by atoms with Crippen molar-refractivity contribution < 1.29 is 24.0 Å². The molecule has 2 aliphatic heterocycles. The smallest absolute Gasteiger partial charge is 0.325 e. The van der Waals surface area contributed by atoms with Gasteiger partial charge in [-0.1, -0.05) is 12.8 Å². The number of imide groups is 1. The number of nitrogens with one attached hydrogen (secondary N) is 2. The average molecular weight is 393 g/mol. The van der Waals surface area contributed by atoms with Crippen LogP contribution >= 0.6 is 0 Å². The molecule has 28 heavy (non-hydrogen) atoms. The first kappa shape index (κ1) is 20.1. The van der Waals surface area contributed by atoms with Gasteiger partial charge in [-0.3, -0.25) is 24.1 Å². The molecule has 0 aromatic rings. The first-order chi connectivity index (χ1) is 13.4. The zero-order chi connectivity index (χ0) is 20.3. The molecule has 10 nitrogen and oxygen atoms in total. The number of nitrogens with zero attached hydrogens (tertiary/aromatic N) is 3. The van der Waals surface area contributed by atoms with E-state index in [4.69, 9.17) is 0 Å². The average Bonchev–Trinajstić information content (AvgIpc) is 3.23. The van der Waals surface area contributed by atoms with E-state index in [0.29, 0.717) is 38.9 Å². The molecular formula is C18H27N5O5. The van der Waals surface area contributed by atoms with Crippen LogP contribution in [-0.4, -0.2) is 89.2 Å². The highest BCUT2D eigenvalue weighted by atomic mass is 16.2. The third kappa shape index (κ3) is 3.81. The van der Waals surface area contributed by atoms with Gasteiger partial charge in [-0.05, 0) is 26.2 Å². The lowest BCUT2D eigenvalue weighted by Crippen LogP contribution is -2.56. The Bertz CT molecular complexity index is 688. The second-order valence-corrected chi connectivity index (χ2v) is 7.49. The molecule has 2 heterocycles. The van der Waals surface area contributed by atoms with Crippen LogP contribution in [0.3, 0.4) is 0 Å². The Hall–Kier alpha value is -2.65.